The first-order valence-electron chi connectivity index (χ1n) is 9.88. The first-order valence-corrected chi connectivity index (χ1v) is 12.2. The molecule has 0 saturated carbocycles. The lowest BCUT2D eigenvalue weighted by Gasteiger charge is -2.11. The number of hydrogen-bond donors (Lipinski definition) is 2. The summed E-state index contributed by atoms with van der Waals surface area (Å²) in [6.07, 6.45) is 1.73. The number of hydrogen-bond acceptors (Lipinski definition) is 5. The number of thiophene rings is 1. The number of nitrogens with one attached hydrogen (secondary N) is 2. The monoisotopic (exact) mass is 463 g/mol. The quantitative estimate of drug-likeness (QED) is 0.410. The number of anilines is 1. The highest BCUT2D eigenvalue weighted by molar-refractivity contribution is 7.92. The fraction of sp³-hybridized carbons (Fsp3) is 0.0833. The minimum absolute atomic E-state index is 0.192. The Labute approximate surface area is 191 Å². The van der Waals surface area contributed by atoms with E-state index < -0.39 is 10.0 Å². The van der Waals surface area contributed by atoms with Gasteiger partial charge in [0.05, 0.1) is 15.5 Å². The first-order chi connectivity index (χ1) is 15.4. The van der Waals surface area contributed by atoms with Gasteiger partial charge in [0.15, 0.2) is 0 Å². The Morgan fingerprint density at radius 2 is 1.81 bits per heavy atom. The Hall–Kier alpha value is -3.49. The van der Waals surface area contributed by atoms with E-state index in [-0.39, 0.29) is 10.8 Å². The standard InChI is InChI=1S/C24H21N3O3S2/c1-17-5-2-7-21(15-17)32(29,30)27-20-11-9-18(10-12-20)24(28)26-16-19-6-3-13-25-23(19)22-8-4-14-31-22/h2-15,27H,16H2,1H3,(H,26,28). The van der Waals surface area contributed by atoms with Crippen LogP contribution in [0.3, 0.4) is 0 Å². The number of aromatic nitrogens is 1. The van der Waals surface area contributed by atoms with Crippen molar-refractivity contribution in [2.45, 2.75) is 18.4 Å². The molecule has 0 unspecified atom stereocenters. The van der Waals surface area contributed by atoms with Crippen LogP contribution in [0.2, 0.25) is 0 Å². The average Bonchev–Trinajstić information content (AvgIpc) is 3.33. The molecule has 1 amide bonds. The van der Waals surface area contributed by atoms with Gasteiger partial charge in [-0.25, -0.2) is 8.42 Å². The van der Waals surface area contributed by atoms with E-state index in [1.54, 1.807) is 60.0 Å². The third-order valence-corrected chi connectivity index (χ3v) is 7.04. The van der Waals surface area contributed by atoms with Crippen LogP contribution in [0.4, 0.5) is 5.69 Å². The number of rotatable bonds is 7. The van der Waals surface area contributed by atoms with Crippen LogP contribution in [0, 0.1) is 6.92 Å². The lowest BCUT2D eigenvalue weighted by Crippen LogP contribution is -2.23. The number of benzene rings is 2. The number of carbonyl (C=O) groups is 1. The molecule has 2 aromatic heterocycles. The van der Waals surface area contributed by atoms with Crippen molar-refractivity contribution in [3.63, 3.8) is 0 Å². The van der Waals surface area contributed by atoms with Gasteiger partial charge in [-0.2, -0.15) is 0 Å². The number of aryl methyl sites for hydroxylation is 1. The minimum atomic E-state index is -3.70. The van der Waals surface area contributed by atoms with E-state index in [0.29, 0.717) is 17.8 Å². The SMILES string of the molecule is Cc1cccc(S(=O)(=O)Nc2ccc(C(=O)NCc3cccnc3-c3cccs3)cc2)c1. The smallest absolute Gasteiger partial charge is 0.261 e. The van der Waals surface area contributed by atoms with Gasteiger partial charge in [0.25, 0.3) is 15.9 Å². The Balaban J connectivity index is 1.42. The van der Waals surface area contributed by atoms with Crippen LogP contribution in [0.5, 0.6) is 0 Å². The van der Waals surface area contributed by atoms with Gasteiger partial charge in [-0.05, 0) is 72.0 Å². The maximum absolute atomic E-state index is 12.6. The molecule has 32 heavy (non-hydrogen) atoms. The summed E-state index contributed by atoms with van der Waals surface area (Å²) in [5, 5.41) is 4.89. The molecule has 0 bridgehead atoms. The second-order valence-corrected chi connectivity index (χ2v) is 9.80. The van der Waals surface area contributed by atoms with Crippen molar-refractivity contribution in [1.29, 1.82) is 0 Å². The topological polar surface area (TPSA) is 88.2 Å². The van der Waals surface area contributed by atoms with E-state index in [4.69, 9.17) is 0 Å². The molecule has 4 aromatic rings. The van der Waals surface area contributed by atoms with Gasteiger partial charge < -0.3 is 5.32 Å². The highest BCUT2D eigenvalue weighted by Gasteiger charge is 2.15. The molecule has 162 valence electrons. The van der Waals surface area contributed by atoms with Crippen molar-refractivity contribution in [1.82, 2.24) is 10.3 Å². The van der Waals surface area contributed by atoms with Gasteiger partial charge in [-0.3, -0.25) is 14.5 Å². The molecule has 2 heterocycles. The van der Waals surface area contributed by atoms with Gasteiger partial charge in [-0.15, -0.1) is 11.3 Å². The van der Waals surface area contributed by atoms with Crippen LogP contribution in [0.15, 0.2) is 89.3 Å². The van der Waals surface area contributed by atoms with Crippen molar-refractivity contribution < 1.29 is 13.2 Å². The first kappa shape index (κ1) is 21.7. The van der Waals surface area contributed by atoms with E-state index >= 15 is 0 Å². The second-order valence-electron chi connectivity index (χ2n) is 7.17. The molecule has 0 aliphatic rings. The van der Waals surface area contributed by atoms with Crippen LogP contribution >= 0.6 is 11.3 Å². The predicted octanol–water partition coefficient (Wildman–Crippen LogP) is 4.85. The summed E-state index contributed by atoms with van der Waals surface area (Å²) in [5.74, 6) is -0.251. The average molecular weight is 464 g/mol. The zero-order valence-electron chi connectivity index (χ0n) is 17.3. The molecule has 4 rings (SSSR count). The predicted molar refractivity (Wildman–Crippen MR) is 127 cm³/mol. The molecule has 0 aliphatic carbocycles. The van der Waals surface area contributed by atoms with Crippen LogP contribution in [0.1, 0.15) is 21.5 Å². The largest absolute Gasteiger partial charge is 0.348 e. The lowest BCUT2D eigenvalue weighted by molar-refractivity contribution is 0.0951. The third-order valence-electron chi connectivity index (χ3n) is 4.78. The summed E-state index contributed by atoms with van der Waals surface area (Å²) in [4.78, 5) is 18.3. The van der Waals surface area contributed by atoms with Crippen molar-refractivity contribution in [2.24, 2.45) is 0 Å². The highest BCUT2D eigenvalue weighted by Crippen LogP contribution is 2.25. The van der Waals surface area contributed by atoms with Crippen LogP contribution < -0.4 is 10.0 Å². The summed E-state index contributed by atoms with van der Waals surface area (Å²) in [7, 11) is -3.70. The number of carbonyl (C=O) groups excluding carboxylic acids is 1. The van der Waals surface area contributed by atoms with E-state index in [2.05, 4.69) is 15.0 Å². The molecule has 0 radical (unpaired) electrons. The molecule has 8 heteroatoms. The highest BCUT2D eigenvalue weighted by atomic mass is 32.2. The van der Waals surface area contributed by atoms with Gasteiger partial charge in [0.1, 0.15) is 0 Å². The Kier molecular flexibility index (Phi) is 6.34. The molecule has 0 atom stereocenters. The fourth-order valence-electron chi connectivity index (χ4n) is 3.18. The molecule has 0 fully saturated rings. The van der Waals surface area contributed by atoms with Crippen molar-refractivity contribution in [2.75, 3.05) is 4.72 Å². The van der Waals surface area contributed by atoms with E-state index in [1.165, 1.54) is 0 Å². The van der Waals surface area contributed by atoms with Gasteiger partial charge in [0, 0.05) is 24.0 Å². The summed E-state index contributed by atoms with van der Waals surface area (Å²) in [6.45, 7) is 2.17. The van der Waals surface area contributed by atoms with E-state index in [0.717, 1.165) is 21.7 Å². The molecule has 2 aromatic carbocycles. The number of sulfonamides is 1. The van der Waals surface area contributed by atoms with Crippen LogP contribution in [-0.4, -0.2) is 19.3 Å². The summed E-state index contributed by atoms with van der Waals surface area (Å²) < 4.78 is 27.7. The molecular formula is C24H21N3O3S2. The van der Waals surface area contributed by atoms with E-state index in [1.807, 2.05) is 42.6 Å². The zero-order valence-corrected chi connectivity index (χ0v) is 18.9. The van der Waals surface area contributed by atoms with Crippen molar-refractivity contribution >= 4 is 33.0 Å². The molecule has 0 saturated heterocycles. The molecule has 0 spiro atoms. The maximum Gasteiger partial charge on any atom is 0.261 e. The van der Waals surface area contributed by atoms with Crippen LogP contribution in [-0.2, 0) is 16.6 Å². The second kappa shape index (κ2) is 9.33. The molecule has 6 nitrogen and oxygen atoms in total. The number of pyridine rings is 1. The van der Waals surface area contributed by atoms with E-state index in [9.17, 15) is 13.2 Å². The molecular weight excluding hydrogens is 442 g/mol. The van der Waals surface area contributed by atoms with Gasteiger partial charge in [0.2, 0.25) is 0 Å². The van der Waals surface area contributed by atoms with Gasteiger partial charge in [-0.1, -0.05) is 24.3 Å². The fourth-order valence-corrected chi connectivity index (χ4v) is 5.10. The maximum atomic E-state index is 12.6. The Morgan fingerprint density at radius 3 is 2.53 bits per heavy atom. The van der Waals surface area contributed by atoms with Gasteiger partial charge >= 0.3 is 0 Å². The zero-order chi connectivity index (χ0) is 22.6. The Morgan fingerprint density at radius 1 is 1.00 bits per heavy atom. The summed E-state index contributed by atoms with van der Waals surface area (Å²) in [6, 6.07) is 20.7. The van der Waals surface area contributed by atoms with Crippen molar-refractivity contribution in [3.05, 3.63) is 101 Å². The Bertz CT molecular complexity index is 1330. The molecule has 2 N–H and O–H groups in total. The summed E-state index contributed by atoms with van der Waals surface area (Å²) in [5.41, 5.74) is 3.45. The van der Waals surface area contributed by atoms with Crippen LogP contribution in [0.25, 0.3) is 10.6 Å². The number of amides is 1. The normalized spacial score (nSPS) is 11.2. The van der Waals surface area contributed by atoms with Crippen molar-refractivity contribution in [3.8, 4) is 10.6 Å². The lowest BCUT2D eigenvalue weighted by atomic mass is 10.1. The summed E-state index contributed by atoms with van der Waals surface area (Å²) >= 11 is 1.59. The third kappa shape index (κ3) is 5.04. The molecule has 0 aliphatic heterocycles. The number of nitrogens with zero attached hydrogens (tertiary/aromatic N) is 1. The minimum Gasteiger partial charge on any atom is -0.348 e.